The van der Waals surface area contributed by atoms with Gasteiger partial charge in [-0.15, -0.1) is 10.2 Å². The molecule has 122 valence electrons. The Bertz CT molecular complexity index is 692. The van der Waals surface area contributed by atoms with Crippen molar-refractivity contribution in [2.45, 2.75) is 38.0 Å². The van der Waals surface area contributed by atoms with Gasteiger partial charge in [0.25, 0.3) is 0 Å². The fraction of sp³-hybridized carbons (Fsp3) is 0.438. The number of hydrogen-bond acceptors (Lipinski definition) is 5. The molecule has 0 aliphatic carbocycles. The highest BCUT2D eigenvalue weighted by atomic mass is 32.2. The van der Waals surface area contributed by atoms with Crippen molar-refractivity contribution in [3.63, 3.8) is 0 Å². The summed E-state index contributed by atoms with van der Waals surface area (Å²) >= 11 is 1.43. The van der Waals surface area contributed by atoms with Crippen molar-refractivity contribution in [2.75, 3.05) is 17.2 Å². The Balaban J connectivity index is 1.68. The van der Waals surface area contributed by atoms with Gasteiger partial charge < -0.3 is 10.2 Å². The van der Waals surface area contributed by atoms with E-state index in [-0.39, 0.29) is 11.4 Å². The lowest BCUT2D eigenvalue weighted by Gasteiger charge is -2.20. The third-order valence-electron chi connectivity index (χ3n) is 3.40. The molecule has 1 aliphatic rings. The van der Waals surface area contributed by atoms with Crippen LogP contribution < -0.4 is 10.2 Å². The van der Waals surface area contributed by atoms with Gasteiger partial charge in [0.05, 0.1) is 5.75 Å². The van der Waals surface area contributed by atoms with E-state index in [1.807, 2.05) is 39.0 Å². The van der Waals surface area contributed by atoms with Crippen molar-refractivity contribution in [3.8, 4) is 0 Å². The van der Waals surface area contributed by atoms with E-state index in [1.165, 1.54) is 11.8 Å². The van der Waals surface area contributed by atoms with Crippen LogP contribution in [0.4, 0.5) is 11.6 Å². The van der Waals surface area contributed by atoms with Gasteiger partial charge in [-0.25, -0.2) is 0 Å². The van der Waals surface area contributed by atoms with E-state index < -0.39 is 0 Å². The number of carbonyl (C=O) groups excluding carboxylic acids is 1. The molecule has 0 fully saturated rings. The minimum absolute atomic E-state index is 0.0118. The average Bonchev–Trinajstić information content (AvgIpc) is 3.06. The monoisotopic (exact) mass is 331 g/mol. The lowest BCUT2D eigenvalue weighted by molar-refractivity contribution is -0.119. The van der Waals surface area contributed by atoms with E-state index in [9.17, 15) is 4.79 Å². The van der Waals surface area contributed by atoms with E-state index in [0.29, 0.717) is 5.75 Å². The van der Waals surface area contributed by atoms with Gasteiger partial charge in [-0.1, -0.05) is 30.0 Å². The van der Waals surface area contributed by atoms with Gasteiger partial charge >= 0.3 is 0 Å². The van der Waals surface area contributed by atoms with Crippen LogP contribution in [0.5, 0.6) is 0 Å². The molecule has 1 N–H and O–H groups in total. The first-order valence-electron chi connectivity index (χ1n) is 7.64. The Hall–Kier alpha value is -2.02. The maximum absolute atomic E-state index is 11.9. The molecule has 0 atom stereocenters. The van der Waals surface area contributed by atoms with Crippen LogP contribution in [-0.2, 0) is 11.3 Å². The van der Waals surface area contributed by atoms with E-state index in [4.69, 9.17) is 0 Å². The summed E-state index contributed by atoms with van der Waals surface area (Å²) in [6, 6.07) is 10.2. The number of fused-ring (bicyclic) bond motifs is 1. The molecule has 0 saturated heterocycles. The SMILES string of the molecule is CC(C)(C)NC(=O)CSc1nnc2n1CCN2c1ccccc1. The Kier molecular flexibility index (Phi) is 4.30. The van der Waals surface area contributed by atoms with Crippen molar-refractivity contribution >= 4 is 29.3 Å². The summed E-state index contributed by atoms with van der Waals surface area (Å²) in [5.41, 5.74) is 0.898. The number of nitrogens with one attached hydrogen (secondary N) is 1. The summed E-state index contributed by atoms with van der Waals surface area (Å²) in [5.74, 6) is 1.20. The van der Waals surface area contributed by atoms with E-state index in [2.05, 4.69) is 37.1 Å². The molecule has 1 amide bonds. The standard InChI is InChI=1S/C16H21N5OS/c1-16(2,3)17-13(22)11-23-15-19-18-14-20(9-10-21(14)15)12-7-5-4-6-8-12/h4-8H,9-11H2,1-3H3,(H,17,22). The highest BCUT2D eigenvalue weighted by Crippen LogP contribution is 2.31. The van der Waals surface area contributed by atoms with Crippen LogP contribution in [0, 0.1) is 0 Å². The molecular formula is C16H21N5OS. The number of amides is 1. The highest BCUT2D eigenvalue weighted by molar-refractivity contribution is 7.99. The average molecular weight is 331 g/mol. The Morgan fingerprint density at radius 1 is 1.22 bits per heavy atom. The van der Waals surface area contributed by atoms with E-state index in [0.717, 1.165) is 29.9 Å². The van der Waals surface area contributed by atoms with Crippen LogP contribution in [0.3, 0.4) is 0 Å². The molecule has 0 saturated carbocycles. The number of hydrogen-bond donors (Lipinski definition) is 1. The first kappa shape index (κ1) is 15.9. The minimum atomic E-state index is -0.214. The predicted molar refractivity (Wildman–Crippen MR) is 92.1 cm³/mol. The van der Waals surface area contributed by atoms with Gasteiger partial charge in [-0.3, -0.25) is 9.36 Å². The lowest BCUT2D eigenvalue weighted by Crippen LogP contribution is -2.41. The largest absolute Gasteiger partial charge is 0.351 e. The van der Waals surface area contributed by atoms with Gasteiger partial charge in [0.2, 0.25) is 11.9 Å². The third kappa shape index (κ3) is 3.67. The molecular weight excluding hydrogens is 310 g/mol. The van der Waals surface area contributed by atoms with E-state index in [1.54, 1.807) is 0 Å². The molecule has 0 spiro atoms. The number of carbonyl (C=O) groups is 1. The fourth-order valence-corrected chi connectivity index (χ4v) is 3.28. The molecule has 0 unspecified atom stereocenters. The third-order valence-corrected chi connectivity index (χ3v) is 4.37. The minimum Gasteiger partial charge on any atom is -0.351 e. The molecule has 23 heavy (non-hydrogen) atoms. The summed E-state index contributed by atoms with van der Waals surface area (Å²) in [6.07, 6.45) is 0. The number of rotatable bonds is 4. The smallest absolute Gasteiger partial charge is 0.232 e. The van der Waals surface area contributed by atoms with Gasteiger partial charge in [0.15, 0.2) is 5.16 Å². The molecule has 3 rings (SSSR count). The van der Waals surface area contributed by atoms with Crippen molar-refractivity contribution < 1.29 is 4.79 Å². The first-order chi connectivity index (χ1) is 10.9. The number of anilines is 2. The van der Waals surface area contributed by atoms with Crippen LogP contribution in [-0.4, -0.2) is 38.5 Å². The van der Waals surface area contributed by atoms with Crippen molar-refractivity contribution in [1.29, 1.82) is 0 Å². The van der Waals surface area contributed by atoms with Crippen molar-refractivity contribution in [3.05, 3.63) is 30.3 Å². The summed E-state index contributed by atoms with van der Waals surface area (Å²) in [7, 11) is 0. The molecule has 1 aromatic carbocycles. The number of aromatic nitrogens is 3. The van der Waals surface area contributed by atoms with Crippen LogP contribution in [0.25, 0.3) is 0 Å². The molecule has 1 aromatic heterocycles. The van der Waals surface area contributed by atoms with Gasteiger partial charge in [-0.05, 0) is 32.9 Å². The second-order valence-electron chi connectivity index (χ2n) is 6.51. The molecule has 7 heteroatoms. The zero-order valence-corrected chi connectivity index (χ0v) is 14.4. The maximum atomic E-state index is 11.9. The predicted octanol–water partition coefficient (Wildman–Crippen LogP) is 2.44. The molecule has 2 heterocycles. The Labute approximate surface area is 140 Å². The molecule has 6 nitrogen and oxygen atoms in total. The fourth-order valence-electron chi connectivity index (χ4n) is 2.52. The highest BCUT2D eigenvalue weighted by Gasteiger charge is 2.26. The summed E-state index contributed by atoms with van der Waals surface area (Å²) in [4.78, 5) is 14.1. The zero-order valence-electron chi connectivity index (χ0n) is 13.6. The number of thioether (sulfide) groups is 1. The van der Waals surface area contributed by atoms with Crippen molar-refractivity contribution in [2.24, 2.45) is 0 Å². The van der Waals surface area contributed by atoms with Crippen LogP contribution >= 0.6 is 11.8 Å². The normalized spacial score (nSPS) is 14.0. The van der Waals surface area contributed by atoms with Gasteiger partial charge in [-0.2, -0.15) is 0 Å². The van der Waals surface area contributed by atoms with Crippen LogP contribution in [0.2, 0.25) is 0 Å². The van der Waals surface area contributed by atoms with Crippen LogP contribution in [0.1, 0.15) is 20.8 Å². The van der Waals surface area contributed by atoms with Gasteiger partial charge in [0.1, 0.15) is 0 Å². The number of nitrogens with zero attached hydrogens (tertiary/aromatic N) is 4. The van der Waals surface area contributed by atoms with Crippen LogP contribution in [0.15, 0.2) is 35.5 Å². The lowest BCUT2D eigenvalue weighted by atomic mass is 10.1. The quantitative estimate of drug-likeness (QED) is 0.872. The molecule has 0 radical (unpaired) electrons. The first-order valence-corrected chi connectivity index (χ1v) is 8.62. The second kappa shape index (κ2) is 6.23. The number of para-hydroxylation sites is 1. The molecule has 0 bridgehead atoms. The zero-order chi connectivity index (χ0) is 16.4. The second-order valence-corrected chi connectivity index (χ2v) is 7.45. The summed E-state index contributed by atoms with van der Waals surface area (Å²) < 4.78 is 2.07. The maximum Gasteiger partial charge on any atom is 0.232 e. The van der Waals surface area contributed by atoms with Crippen molar-refractivity contribution in [1.82, 2.24) is 20.1 Å². The molecule has 2 aromatic rings. The number of benzene rings is 1. The topological polar surface area (TPSA) is 63.1 Å². The Morgan fingerprint density at radius 3 is 2.65 bits per heavy atom. The summed E-state index contributed by atoms with van der Waals surface area (Å²) in [5, 5.41) is 12.3. The van der Waals surface area contributed by atoms with E-state index >= 15 is 0 Å². The van der Waals surface area contributed by atoms with Gasteiger partial charge in [0, 0.05) is 24.3 Å². The summed E-state index contributed by atoms with van der Waals surface area (Å²) in [6.45, 7) is 7.63. The molecule has 1 aliphatic heterocycles. The Morgan fingerprint density at radius 2 is 1.96 bits per heavy atom.